The van der Waals surface area contributed by atoms with Gasteiger partial charge in [-0.1, -0.05) is 0 Å². The van der Waals surface area contributed by atoms with Crippen molar-refractivity contribution in [2.75, 3.05) is 6.54 Å². The van der Waals surface area contributed by atoms with Crippen molar-refractivity contribution in [2.24, 2.45) is 7.05 Å². The van der Waals surface area contributed by atoms with Crippen molar-refractivity contribution < 1.29 is 4.79 Å². The summed E-state index contributed by atoms with van der Waals surface area (Å²) in [6.45, 7) is 5.53. The van der Waals surface area contributed by atoms with Gasteiger partial charge in [-0.3, -0.25) is 4.79 Å². The lowest BCUT2D eigenvalue weighted by Gasteiger charge is -2.15. The second kappa shape index (κ2) is 3.24. The minimum absolute atomic E-state index is 0.183. The molecule has 0 saturated heterocycles. The Balaban J connectivity index is 2.65. The van der Waals surface area contributed by atoms with Crippen LogP contribution in [0.4, 0.5) is 0 Å². The largest absolute Gasteiger partial charge is 0.351 e. The van der Waals surface area contributed by atoms with Crippen molar-refractivity contribution in [3.63, 3.8) is 0 Å². The molecule has 2 heterocycles. The number of carbonyl (C=O) groups excluding carboxylic acids is 1. The lowest BCUT2D eigenvalue weighted by Crippen LogP contribution is -2.25. The van der Waals surface area contributed by atoms with E-state index in [1.807, 2.05) is 14.0 Å². The fraction of sp³-hybridized carbons (Fsp3) is 0.545. The molecule has 3 nitrogen and oxygen atoms in total. The molecule has 0 amide bonds. The van der Waals surface area contributed by atoms with E-state index in [0.717, 1.165) is 30.8 Å². The monoisotopic (exact) mass is 192 g/mol. The van der Waals surface area contributed by atoms with Crippen molar-refractivity contribution in [3.05, 3.63) is 22.5 Å². The predicted octanol–water partition coefficient (Wildman–Crippen LogP) is 1.18. The number of nitrogens with one attached hydrogen (secondary N) is 1. The number of aromatic nitrogens is 1. The third kappa shape index (κ3) is 1.20. The van der Waals surface area contributed by atoms with Gasteiger partial charge < -0.3 is 9.88 Å². The molecule has 1 aromatic heterocycles. The first kappa shape index (κ1) is 9.46. The Morgan fingerprint density at radius 2 is 2.21 bits per heavy atom. The fourth-order valence-corrected chi connectivity index (χ4v) is 2.33. The topological polar surface area (TPSA) is 34.0 Å². The Morgan fingerprint density at radius 3 is 2.86 bits per heavy atom. The zero-order valence-corrected chi connectivity index (χ0v) is 8.98. The van der Waals surface area contributed by atoms with Crippen LogP contribution in [-0.4, -0.2) is 16.9 Å². The van der Waals surface area contributed by atoms with Crippen molar-refractivity contribution in [1.82, 2.24) is 9.88 Å². The van der Waals surface area contributed by atoms with Gasteiger partial charge in [-0.15, -0.1) is 0 Å². The summed E-state index contributed by atoms with van der Waals surface area (Å²) < 4.78 is 2.16. The number of hydrogen-bond donors (Lipinski definition) is 1. The number of rotatable bonds is 1. The van der Waals surface area contributed by atoms with Crippen molar-refractivity contribution in [3.8, 4) is 0 Å². The van der Waals surface area contributed by atoms with Crippen LogP contribution in [0.15, 0.2) is 0 Å². The van der Waals surface area contributed by atoms with E-state index < -0.39 is 0 Å². The highest BCUT2D eigenvalue weighted by atomic mass is 16.1. The number of hydrogen-bond acceptors (Lipinski definition) is 2. The van der Waals surface area contributed by atoms with Gasteiger partial charge in [0.2, 0.25) is 0 Å². The van der Waals surface area contributed by atoms with Gasteiger partial charge in [-0.2, -0.15) is 0 Å². The number of ketones is 1. The molecule has 0 fully saturated rings. The number of nitrogens with zero attached hydrogens (tertiary/aromatic N) is 1. The summed E-state index contributed by atoms with van der Waals surface area (Å²) in [6.07, 6.45) is 1.03. The molecule has 0 spiro atoms. The maximum Gasteiger partial charge on any atom is 0.161 e. The Morgan fingerprint density at radius 1 is 1.50 bits per heavy atom. The molecule has 14 heavy (non-hydrogen) atoms. The molecule has 1 aliphatic heterocycles. The molecule has 0 atom stereocenters. The van der Waals surface area contributed by atoms with Crippen LogP contribution >= 0.6 is 0 Å². The molecule has 0 aliphatic carbocycles. The van der Waals surface area contributed by atoms with Gasteiger partial charge in [-0.05, 0) is 19.4 Å². The first-order chi connectivity index (χ1) is 6.63. The quantitative estimate of drug-likeness (QED) is 0.678. The van der Waals surface area contributed by atoms with Gasteiger partial charge in [0, 0.05) is 43.5 Å². The third-order valence-electron chi connectivity index (χ3n) is 3.11. The fourth-order valence-electron chi connectivity index (χ4n) is 2.33. The summed E-state index contributed by atoms with van der Waals surface area (Å²) in [5.41, 5.74) is 4.57. The summed E-state index contributed by atoms with van der Waals surface area (Å²) in [6, 6.07) is 0. The summed E-state index contributed by atoms with van der Waals surface area (Å²) >= 11 is 0. The van der Waals surface area contributed by atoms with Crippen LogP contribution in [0.1, 0.15) is 34.2 Å². The van der Waals surface area contributed by atoms with Gasteiger partial charge in [0.15, 0.2) is 5.78 Å². The Labute approximate surface area is 84.1 Å². The molecule has 76 valence electrons. The van der Waals surface area contributed by atoms with Crippen molar-refractivity contribution >= 4 is 5.78 Å². The van der Waals surface area contributed by atoms with Crippen LogP contribution in [0.2, 0.25) is 0 Å². The van der Waals surface area contributed by atoms with E-state index in [-0.39, 0.29) is 5.78 Å². The standard InChI is InChI=1S/C11H16N2O/c1-7-11(8(2)14)9-6-12-5-4-10(9)13(7)3/h12H,4-6H2,1-3H3. The minimum Gasteiger partial charge on any atom is -0.351 e. The van der Waals surface area contributed by atoms with E-state index in [1.165, 1.54) is 11.3 Å². The molecule has 3 heteroatoms. The highest BCUT2D eigenvalue weighted by molar-refractivity contribution is 5.97. The van der Waals surface area contributed by atoms with Gasteiger partial charge >= 0.3 is 0 Å². The molecular weight excluding hydrogens is 176 g/mol. The van der Waals surface area contributed by atoms with Gasteiger partial charge in [0.05, 0.1) is 0 Å². The van der Waals surface area contributed by atoms with Gasteiger partial charge in [-0.25, -0.2) is 0 Å². The molecule has 0 bridgehead atoms. The maximum absolute atomic E-state index is 11.5. The highest BCUT2D eigenvalue weighted by Gasteiger charge is 2.22. The number of Topliss-reactive ketones (excluding diaryl/α,β-unsaturated/α-hetero) is 1. The predicted molar refractivity (Wildman–Crippen MR) is 55.6 cm³/mol. The Kier molecular flexibility index (Phi) is 2.19. The summed E-state index contributed by atoms with van der Waals surface area (Å²) in [5.74, 6) is 0.183. The SMILES string of the molecule is CC(=O)c1c2c(n(C)c1C)CCNC2. The first-order valence-electron chi connectivity index (χ1n) is 5.01. The number of carbonyl (C=O) groups is 1. The first-order valence-corrected chi connectivity index (χ1v) is 5.01. The van der Waals surface area contributed by atoms with E-state index in [9.17, 15) is 4.79 Å². The summed E-state index contributed by atoms with van der Waals surface area (Å²) in [4.78, 5) is 11.5. The molecule has 1 aliphatic rings. The van der Waals surface area contributed by atoms with Crippen LogP contribution < -0.4 is 5.32 Å². The maximum atomic E-state index is 11.5. The third-order valence-corrected chi connectivity index (χ3v) is 3.11. The average Bonchev–Trinajstić information content (AvgIpc) is 2.41. The lowest BCUT2D eigenvalue weighted by atomic mass is 10.0. The molecule has 2 rings (SSSR count). The van der Waals surface area contributed by atoms with Gasteiger partial charge in [0.25, 0.3) is 0 Å². The molecule has 1 N–H and O–H groups in total. The molecule has 0 aromatic carbocycles. The lowest BCUT2D eigenvalue weighted by molar-refractivity contribution is 0.101. The molecule has 0 saturated carbocycles. The second-order valence-corrected chi connectivity index (χ2v) is 3.93. The molecule has 0 radical (unpaired) electrons. The zero-order valence-electron chi connectivity index (χ0n) is 8.98. The normalized spacial score (nSPS) is 15.4. The van der Waals surface area contributed by atoms with Crippen LogP contribution in [0.5, 0.6) is 0 Å². The smallest absolute Gasteiger partial charge is 0.161 e. The molecular formula is C11H16N2O. The summed E-state index contributed by atoms with van der Waals surface area (Å²) in [7, 11) is 2.05. The van der Waals surface area contributed by atoms with Crippen LogP contribution in [-0.2, 0) is 20.0 Å². The van der Waals surface area contributed by atoms with E-state index in [1.54, 1.807) is 6.92 Å². The zero-order chi connectivity index (χ0) is 10.3. The van der Waals surface area contributed by atoms with E-state index in [4.69, 9.17) is 0 Å². The van der Waals surface area contributed by atoms with E-state index >= 15 is 0 Å². The average molecular weight is 192 g/mol. The molecule has 1 aromatic rings. The Bertz CT molecular complexity index is 390. The van der Waals surface area contributed by atoms with Crippen molar-refractivity contribution in [1.29, 1.82) is 0 Å². The molecule has 0 unspecified atom stereocenters. The summed E-state index contributed by atoms with van der Waals surface area (Å²) in [5, 5.41) is 3.31. The van der Waals surface area contributed by atoms with Crippen molar-refractivity contribution in [2.45, 2.75) is 26.8 Å². The minimum atomic E-state index is 0.183. The van der Waals surface area contributed by atoms with E-state index in [2.05, 4.69) is 9.88 Å². The van der Waals surface area contributed by atoms with Crippen LogP contribution in [0.25, 0.3) is 0 Å². The van der Waals surface area contributed by atoms with Gasteiger partial charge in [0.1, 0.15) is 0 Å². The Hall–Kier alpha value is -1.09. The highest BCUT2D eigenvalue weighted by Crippen LogP contribution is 2.24. The van der Waals surface area contributed by atoms with Crippen LogP contribution in [0, 0.1) is 6.92 Å². The second-order valence-electron chi connectivity index (χ2n) is 3.93. The number of fused-ring (bicyclic) bond motifs is 1. The van der Waals surface area contributed by atoms with Crippen LogP contribution in [0.3, 0.4) is 0 Å². The van der Waals surface area contributed by atoms with E-state index in [0.29, 0.717) is 0 Å².